The summed E-state index contributed by atoms with van der Waals surface area (Å²) in [6.45, 7) is 18.7. The molecule has 2 aliphatic rings. The maximum absolute atomic E-state index is 12.5. The molecule has 0 saturated heterocycles. The van der Waals surface area contributed by atoms with E-state index in [9.17, 15) is 4.79 Å². The fourth-order valence-corrected chi connectivity index (χ4v) is 4.18. The minimum absolute atomic E-state index is 0.0223. The lowest BCUT2D eigenvalue weighted by Gasteiger charge is -2.65. The number of carbonyl (C=O) groups excluding carboxylic acids is 1. The molecular formula is C19H26O. The van der Waals surface area contributed by atoms with Gasteiger partial charge < -0.3 is 0 Å². The van der Waals surface area contributed by atoms with E-state index in [4.69, 9.17) is 0 Å². The largest absolute Gasteiger partial charge is 0.299 e. The zero-order chi connectivity index (χ0) is 15.3. The lowest BCUT2D eigenvalue weighted by atomic mass is 9.36. The Labute approximate surface area is 123 Å². The van der Waals surface area contributed by atoms with Gasteiger partial charge in [0.1, 0.15) is 5.78 Å². The number of allylic oxidation sites excluding steroid dienone is 2. The molecule has 1 heteroatoms. The zero-order valence-electron chi connectivity index (χ0n) is 13.5. The molecule has 3 unspecified atom stereocenters. The number of hydrogen-bond acceptors (Lipinski definition) is 1. The predicted molar refractivity (Wildman–Crippen MR) is 84.1 cm³/mol. The van der Waals surface area contributed by atoms with Gasteiger partial charge in [0.25, 0.3) is 0 Å². The highest BCUT2D eigenvalue weighted by Crippen LogP contribution is 2.70. The molecule has 0 N–H and O–H groups in total. The molecule has 2 fully saturated rings. The fourth-order valence-electron chi connectivity index (χ4n) is 4.18. The van der Waals surface area contributed by atoms with Crippen molar-refractivity contribution in [2.24, 2.45) is 22.2 Å². The van der Waals surface area contributed by atoms with Gasteiger partial charge in [0.05, 0.1) is 5.41 Å². The first-order valence-corrected chi connectivity index (χ1v) is 7.41. The van der Waals surface area contributed by atoms with Crippen molar-refractivity contribution in [1.29, 1.82) is 0 Å². The zero-order valence-corrected chi connectivity index (χ0v) is 13.5. The maximum atomic E-state index is 12.5. The Bertz CT molecular complexity index is 554. The second-order valence-corrected chi connectivity index (χ2v) is 7.85. The molecule has 1 nitrogen and oxygen atoms in total. The number of ketones is 1. The second-order valence-electron chi connectivity index (χ2n) is 7.85. The van der Waals surface area contributed by atoms with Crippen molar-refractivity contribution in [3.63, 3.8) is 0 Å². The van der Waals surface area contributed by atoms with E-state index in [0.29, 0.717) is 12.2 Å². The highest BCUT2D eigenvalue weighted by atomic mass is 16.1. The molecule has 0 aromatic heterocycles. The molecule has 2 rings (SSSR count). The van der Waals surface area contributed by atoms with E-state index in [1.165, 1.54) is 0 Å². The summed E-state index contributed by atoms with van der Waals surface area (Å²) in [5, 5.41) is 0. The fraction of sp³-hybridized carbons (Fsp3) is 0.632. The maximum Gasteiger partial charge on any atom is 0.138 e. The van der Waals surface area contributed by atoms with Crippen LogP contribution in [0.4, 0.5) is 0 Å². The Kier molecular flexibility index (Phi) is 3.29. The summed E-state index contributed by atoms with van der Waals surface area (Å²) in [5.74, 6) is 7.10. The highest BCUT2D eigenvalue weighted by Gasteiger charge is 2.68. The Morgan fingerprint density at radius 3 is 2.35 bits per heavy atom. The minimum Gasteiger partial charge on any atom is -0.299 e. The van der Waals surface area contributed by atoms with E-state index in [1.54, 1.807) is 0 Å². The van der Waals surface area contributed by atoms with Gasteiger partial charge >= 0.3 is 0 Å². The molecular weight excluding hydrogens is 244 g/mol. The number of hydrogen-bond donors (Lipinski definition) is 0. The van der Waals surface area contributed by atoms with Crippen LogP contribution in [-0.2, 0) is 4.79 Å². The standard InChI is InChI=1S/C19H26O/c1-13(2)8-9-19-12-17(5,6)11-16(20)15(19)10-18(19,7)14(3)4/h15H,1,3,10-12H2,2,4-7H3. The van der Waals surface area contributed by atoms with Crippen LogP contribution in [0.15, 0.2) is 24.3 Å². The predicted octanol–water partition coefficient (Wildman–Crippen LogP) is 4.54. The van der Waals surface area contributed by atoms with E-state index in [0.717, 1.165) is 24.0 Å². The monoisotopic (exact) mass is 270 g/mol. The third kappa shape index (κ3) is 1.97. The summed E-state index contributed by atoms with van der Waals surface area (Å²) >= 11 is 0. The van der Waals surface area contributed by atoms with Crippen LogP contribution in [0, 0.1) is 34.0 Å². The van der Waals surface area contributed by atoms with Gasteiger partial charge in [0.2, 0.25) is 0 Å². The van der Waals surface area contributed by atoms with E-state index in [-0.39, 0.29) is 22.2 Å². The van der Waals surface area contributed by atoms with Crippen molar-refractivity contribution < 1.29 is 4.79 Å². The van der Waals surface area contributed by atoms with Gasteiger partial charge in [-0.3, -0.25) is 4.79 Å². The van der Waals surface area contributed by atoms with Gasteiger partial charge in [0, 0.05) is 17.8 Å². The summed E-state index contributed by atoms with van der Waals surface area (Å²) in [6, 6.07) is 0. The Hall–Kier alpha value is -1.29. The minimum atomic E-state index is -0.239. The average molecular weight is 270 g/mol. The van der Waals surface area contributed by atoms with Gasteiger partial charge in [-0.1, -0.05) is 51.3 Å². The molecule has 0 bridgehead atoms. The molecule has 20 heavy (non-hydrogen) atoms. The van der Waals surface area contributed by atoms with Crippen LogP contribution in [-0.4, -0.2) is 5.78 Å². The van der Waals surface area contributed by atoms with Crippen LogP contribution in [0.2, 0.25) is 0 Å². The SMILES string of the molecule is C=C(C)C#CC12CC(C)(C)CC(=O)C1CC2(C)C(=C)C. The van der Waals surface area contributed by atoms with Crippen LogP contribution in [0.25, 0.3) is 0 Å². The lowest BCUT2D eigenvalue weighted by molar-refractivity contribution is -0.161. The van der Waals surface area contributed by atoms with Gasteiger partial charge in [-0.05, 0) is 37.7 Å². The summed E-state index contributed by atoms with van der Waals surface area (Å²) in [5.41, 5.74) is 1.75. The molecule has 0 aliphatic heterocycles. The van der Waals surface area contributed by atoms with Crippen LogP contribution < -0.4 is 0 Å². The molecule has 0 aromatic carbocycles. The average Bonchev–Trinajstić information content (AvgIpc) is 2.28. The molecule has 3 atom stereocenters. The van der Waals surface area contributed by atoms with E-state index in [1.807, 2.05) is 6.92 Å². The Balaban J connectivity index is 2.56. The van der Waals surface area contributed by atoms with Crippen molar-refractivity contribution in [2.45, 2.75) is 53.9 Å². The highest BCUT2D eigenvalue weighted by molar-refractivity contribution is 5.86. The quantitative estimate of drug-likeness (QED) is 0.505. The van der Waals surface area contributed by atoms with Crippen LogP contribution in [0.3, 0.4) is 0 Å². The van der Waals surface area contributed by atoms with Gasteiger partial charge in [-0.25, -0.2) is 0 Å². The molecule has 0 aromatic rings. The summed E-state index contributed by atoms with van der Waals surface area (Å²) in [6.07, 6.45) is 2.56. The lowest BCUT2D eigenvalue weighted by Crippen LogP contribution is -2.63. The van der Waals surface area contributed by atoms with Crippen molar-refractivity contribution in [2.75, 3.05) is 0 Å². The van der Waals surface area contributed by atoms with Crippen molar-refractivity contribution >= 4 is 5.78 Å². The second kappa shape index (κ2) is 4.35. The van der Waals surface area contributed by atoms with Crippen molar-refractivity contribution in [3.8, 4) is 11.8 Å². The third-order valence-electron chi connectivity index (χ3n) is 5.43. The normalized spacial score (nSPS) is 38.0. The van der Waals surface area contributed by atoms with Gasteiger partial charge in [0.15, 0.2) is 0 Å². The van der Waals surface area contributed by atoms with E-state index in [2.05, 4.69) is 52.7 Å². The first-order chi connectivity index (χ1) is 9.04. The van der Waals surface area contributed by atoms with Crippen LogP contribution in [0.1, 0.15) is 53.9 Å². The number of rotatable bonds is 1. The number of Topliss-reactive ketones (excluding diaryl/α,β-unsaturated/α-hetero) is 1. The van der Waals surface area contributed by atoms with Crippen molar-refractivity contribution in [1.82, 2.24) is 0 Å². The molecule has 2 aliphatic carbocycles. The molecule has 0 radical (unpaired) electrons. The summed E-state index contributed by atoms with van der Waals surface area (Å²) < 4.78 is 0. The van der Waals surface area contributed by atoms with E-state index < -0.39 is 0 Å². The Morgan fingerprint density at radius 2 is 1.85 bits per heavy atom. The van der Waals surface area contributed by atoms with Crippen LogP contribution in [0.5, 0.6) is 0 Å². The van der Waals surface area contributed by atoms with E-state index >= 15 is 0 Å². The Morgan fingerprint density at radius 1 is 1.25 bits per heavy atom. The molecule has 0 spiro atoms. The first kappa shape index (κ1) is 15.1. The number of carbonyl (C=O) groups is 1. The first-order valence-electron chi connectivity index (χ1n) is 7.41. The molecule has 0 heterocycles. The van der Waals surface area contributed by atoms with Gasteiger partial charge in [-0.15, -0.1) is 0 Å². The molecule has 0 amide bonds. The topological polar surface area (TPSA) is 17.1 Å². The summed E-state index contributed by atoms with van der Waals surface area (Å²) in [7, 11) is 0. The molecule has 108 valence electrons. The molecule has 2 saturated carbocycles. The van der Waals surface area contributed by atoms with Crippen molar-refractivity contribution in [3.05, 3.63) is 24.3 Å². The van der Waals surface area contributed by atoms with Crippen LogP contribution >= 0.6 is 0 Å². The van der Waals surface area contributed by atoms with Gasteiger partial charge in [-0.2, -0.15) is 0 Å². The third-order valence-corrected chi connectivity index (χ3v) is 5.43. The number of fused-ring (bicyclic) bond motifs is 1. The summed E-state index contributed by atoms with van der Waals surface area (Å²) in [4.78, 5) is 12.5. The smallest absolute Gasteiger partial charge is 0.138 e.